The van der Waals surface area contributed by atoms with Gasteiger partial charge in [0, 0.05) is 25.6 Å². The molecule has 9 heteroatoms. The molecular formula is C29H32F2N3O4+. The van der Waals surface area contributed by atoms with Crippen molar-refractivity contribution in [3.05, 3.63) is 107 Å². The molecule has 200 valence electrons. The van der Waals surface area contributed by atoms with Crippen molar-refractivity contribution in [1.82, 2.24) is 5.32 Å². The number of nitrogens with two attached hydrogens (primary N) is 1. The van der Waals surface area contributed by atoms with Gasteiger partial charge in [0.25, 0.3) is 0 Å². The Morgan fingerprint density at radius 2 is 1.53 bits per heavy atom. The number of benzene rings is 3. The normalized spacial score (nSPS) is 16.5. The summed E-state index contributed by atoms with van der Waals surface area (Å²) in [7, 11) is 0. The second kappa shape index (κ2) is 12.4. The Balaban J connectivity index is 1.71. The lowest BCUT2D eigenvalue weighted by Crippen LogP contribution is -2.68. The first-order valence-electron chi connectivity index (χ1n) is 12.6. The number of nitrogens with zero attached hydrogens (tertiary/aromatic N) is 1. The van der Waals surface area contributed by atoms with E-state index in [1.165, 1.54) is 24.3 Å². The van der Waals surface area contributed by atoms with Crippen LogP contribution in [-0.4, -0.2) is 66.4 Å². The zero-order chi connectivity index (χ0) is 27.1. The molecule has 2 atom stereocenters. The van der Waals surface area contributed by atoms with Gasteiger partial charge in [0.2, 0.25) is 5.91 Å². The number of morpholine rings is 1. The van der Waals surface area contributed by atoms with Crippen LogP contribution in [0.25, 0.3) is 0 Å². The van der Waals surface area contributed by atoms with Crippen LogP contribution in [0, 0.1) is 11.6 Å². The van der Waals surface area contributed by atoms with E-state index in [1.807, 2.05) is 30.3 Å². The maximum absolute atomic E-state index is 14.2. The van der Waals surface area contributed by atoms with Crippen molar-refractivity contribution in [1.29, 1.82) is 0 Å². The minimum Gasteiger partial charge on any atom is -0.386 e. The van der Waals surface area contributed by atoms with E-state index in [2.05, 4.69) is 5.32 Å². The number of ether oxygens (including phenoxy) is 1. The van der Waals surface area contributed by atoms with Gasteiger partial charge in [-0.15, -0.1) is 0 Å². The number of aliphatic hydroxyl groups is 1. The molecule has 1 heterocycles. The molecule has 4 N–H and O–H groups in total. The van der Waals surface area contributed by atoms with Gasteiger partial charge in [-0.3, -0.25) is 4.79 Å². The molecule has 1 saturated heterocycles. The van der Waals surface area contributed by atoms with E-state index in [4.69, 9.17) is 10.5 Å². The number of primary amides is 1. The number of hydrogen-bond acceptors (Lipinski definition) is 5. The van der Waals surface area contributed by atoms with Crippen LogP contribution in [0.2, 0.25) is 0 Å². The highest BCUT2D eigenvalue weighted by Gasteiger charge is 2.49. The lowest BCUT2D eigenvalue weighted by molar-refractivity contribution is -0.886. The highest BCUT2D eigenvalue weighted by Crippen LogP contribution is 2.29. The summed E-state index contributed by atoms with van der Waals surface area (Å²) in [5.41, 5.74) is 7.12. The summed E-state index contributed by atoms with van der Waals surface area (Å²) in [5.74, 6) is -2.62. The zero-order valence-corrected chi connectivity index (χ0v) is 21.0. The summed E-state index contributed by atoms with van der Waals surface area (Å²) in [6.45, 7) is 1.52. The van der Waals surface area contributed by atoms with Crippen molar-refractivity contribution in [3.8, 4) is 0 Å². The molecular weight excluding hydrogens is 492 g/mol. The fraction of sp³-hybridized carbons (Fsp3) is 0.310. The van der Waals surface area contributed by atoms with Crippen molar-refractivity contribution >= 4 is 11.8 Å². The van der Waals surface area contributed by atoms with Crippen LogP contribution in [0.3, 0.4) is 0 Å². The van der Waals surface area contributed by atoms with Crippen LogP contribution < -0.4 is 11.1 Å². The summed E-state index contributed by atoms with van der Waals surface area (Å²) < 4.78 is 33.5. The Morgan fingerprint density at radius 1 is 0.921 bits per heavy atom. The fourth-order valence-electron chi connectivity index (χ4n) is 5.19. The van der Waals surface area contributed by atoms with Crippen LogP contribution in [0.1, 0.15) is 31.8 Å². The van der Waals surface area contributed by atoms with Crippen LogP contribution in [0.15, 0.2) is 72.8 Å². The Kier molecular flexibility index (Phi) is 8.96. The third kappa shape index (κ3) is 6.31. The first-order valence-corrected chi connectivity index (χ1v) is 12.6. The molecule has 0 spiro atoms. The second-order valence-corrected chi connectivity index (χ2v) is 9.54. The van der Waals surface area contributed by atoms with Gasteiger partial charge in [-0.25, -0.2) is 18.1 Å². The molecule has 7 nitrogen and oxygen atoms in total. The third-order valence-corrected chi connectivity index (χ3v) is 7.07. The Morgan fingerprint density at radius 3 is 2.16 bits per heavy atom. The van der Waals surface area contributed by atoms with E-state index < -0.39 is 35.6 Å². The maximum atomic E-state index is 14.2. The highest BCUT2D eigenvalue weighted by atomic mass is 19.1. The molecule has 2 amide bonds. The van der Waals surface area contributed by atoms with Crippen molar-refractivity contribution in [2.24, 2.45) is 5.73 Å². The van der Waals surface area contributed by atoms with Gasteiger partial charge >= 0.3 is 5.91 Å². The van der Waals surface area contributed by atoms with Crippen LogP contribution in [0.4, 0.5) is 8.78 Å². The van der Waals surface area contributed by atoms with Crippen molar-refractivity contribution in [3.63, 3.8) is 0 Å². The summed E-state index contributed by atoms with van der Waals surface area (Å²) in [6, 6.07) is 18.3. The molecule has 0 radical (unpaired) electrons. The van der Waals surface area contributed by atoms with E-state index in [0.717, 1.165) is 11.6 Å². The van der Waals surface area contributed by atoms with E-state index in [-0.39, 0.29) is 54.9 Å². The summed E-state index contributed by atoms with van der Waals surface area (Å²) in [4.78, 5) is 26.4. The Bertz CT molecular complexity index is 1250. The number of halogens is 2. The summed E-state index contributed by atoms with van der Waals surface area (Å²) in [6.07, 6.45) is -1.05. The average Bonchev–Trinajstić information content (AvgIpc) is 2.91. The Hall–Kier alpha value is -3.50. The third-order valence-electron chi connectivity index (χ3n) is 7.07. The van der Waals surface area contributed by atoms with Gasteiger partial charge in [0.1, 0.15) is 36.9 Å². The second-order valence-electron chi connectivity index (χ2n) is 9.54. The standard InChI is InChI=1S/C29H31F2N3O4/c30-22-14-21(15-23(31)17-22)16-26(27(35)19-33-18-20-6-2-1-3-7-20)34(10-12-38-13-11-34)29(37)25-9-5-4-8-24(25)28(32)36/h1-9,14-15,17,26-27,33,35H,10-13,16,18-19H2,(H-,32,36)/p+1. The smallest absolute Gasteiger partial charge is 0.347 e. The maximum Gasteiger partial charge on any atom is 0.347 e. The minimum atomic E-state index is -1.08. The van der Waals surface area contributed by atoms with Gasteiger partial charge < -0.3 is 20.9 Å². The average molecular weight is 525 g/mol. The topological polar surface area (TPSA) is 102 Å². The van der Waals surface area contributed by atoms with Gasteiger partial charge in [-0.2, -0.15) is 0 Å². The van der Waals surface area contributed by atoms with E-state index in [1.54, 1.807) is 12.1 Å². The molecule has 0 aromatic heterocycles. The predicted octanol–water partition coefficient (Wildman–Crippen LogP) is 2.81. The number of carbonyl (C=O) groups is 2. The van der Waals surface area contributed by atoms with Crippen LogP contribution >= 0.6 is 0 Å². The van der Waals surface area contributed by atoms with Crippen molar-refractivity contribution in [2.75, 3.05) is 32.8 Å². The van der Waals surface area contributed by atoms with E-state index in [9.17, 15) is 23.5 Å². The highest BCUT2D eigenvalue weighted by molar-refractivity contribution is 6.04. The van der Waals surface area contributed by atoms with Crippen molar-refractivity contribution in [2.45, 2.75) is 25.1 Å². The first kappa shape index (κ1) is 27.5. The molecule has 1 aliphatic heterocycles. The largest absolute Gasteiger partial charge is 0.386 e. The molecule has 38 heavy (non-hydrogen) atoms. The number of hydrogen-bond donors (Lipinski definition) is 3. The molecule has 3 aromatic rings. The van der Waals surface area contributed by atoms with Gasteiger partial charge in [0.05, 0.1) is 24.3 Å². The number of carbonyl (C=O) groups excluding carboxylic acids is 2. The SMILES string of the molecule is NC(=O)c1ccccc1C(=O)[N+]1(C(Cc2cc(F)cc(F)c2)C(O)CNCc2ccccc2)CCOCC1. The Labute approximate surface area is 220 Å². The van der Waals surface area contributed by atoms with Gasteiger partial charge in [-0.05, 0) is 35.4 Å². The molecule has 1 aliphatic rings. The minimum absolute atomic E-state index is 0.0212. The molecule has 2 unspecified atom stereocenters. The number of quaternary nitrogens is 1. The molecule has 0 saturated carbocycles. The van der Waals surface area contributed by atoms with Gasteiger partial charge in [0.15, 0.2) is 0 Å². The number of amides is 2. The van der Waals surface area contributed by atoms with Gasteiger partial charge in [-0.1, -0.05) is 42.5 Å². The zero-order valence-electron chi connectivity index (χ0n) is 21.0. The van der Waals surface area contributed by atoms with Crippen LogP contribution in [0.5, 0.6) is 0 Å². The summed E-state index contributed by atoms with van der Waals surface area (Å²) in [5, 5.41) is 14.8. The molecule has 4 rings (SSSR count). The van der Waals surface area contributed by atoms with E-state index >= 15 is 0 Å². The number of aliphatic hydroxyl groups excluding tert-OH is 1. The molecule has 0 bridgehead atoms. The molecule has 0 aliphatic carbocycles. The fourth-order valence-corrected chi connectivity index (χ4v) is 5.19. The quantitative estimate of drug-likeness (QED) is 0.354. The van der Waals surface area contributed by atoms with Crippen LogP contribution in [-0.2, 0) is 17.7 Å². The summed E-state index contributed by atoms with van der Waals surface area (Å²) >= 11 is 0. The molecule has 1 fully saturated rings. The lowest BCUT2D eigenvalue weighted by atomic mass is 9.93. The molecule has 3 aromatic carbocycles. The first-order chi connectivity index (χ1) is 18.3. The number of nitrogens with one attached hydrogen (secondary N) is 1. The monoisotopic (exact) mass is 524 g/mol. The van der Waals surface area contributed by atoms with Crippen molar-refractivity contribution < 1.29 is 32.7 Å². The lowest BCUT2D eigenvalue weighted by Gasteiger charge is -2.46. The predicted molar refractivity (Wildman–Crippen MR) is 138 cm³/mol. The number of rotatable bonds is 10. The van der Waals surface area contributed by atoms with E-state index in [0.29, 0.717) is 12.1 Å².